The largest absolute Gasteiger partial charge is 0.481 e. The molecule has 1 fully saturated rings. The third kappa shape index (κ3) is 4.51. The molecule has 1 aliphatic rings. The van der Waals surface area contributed by atoms with Gasteiger partial charge in [0.15, 0.2) is 0 Å². The summed E-state index contributed by atoms with van der Waals surface area (Å²) >= 11 is 0. The smallest absolute Gasteiger partial charge is 0.315 e. The first kappa shape index (κ1) is 15.4. The van der Waals surface area contributed by atoms with Crippen LogP contribution >= 0.6 is 0 Å². The van der Waals surface area contributed by atoms with Gasteiger partial charge in [0.05, 0.1) is 18.5 Å². The molecule has 2 amide bonds. The molecular formula is C15H22N2O4. The summed E-state index contributed by atoms with van der Waals surface area (Å²) in [4.78, 5) is 23.1. The molecule has 3 N–H and O–H groups in total. The molecule has 1 aromatic heterocycles. The van der Waals surface area contributed by atoms with Crippen LogP contribution in [0.3, 0.4) is 0 Å². The summed E-state index contributed by atoms with van der Waals surface area (Å²) in [6, 6.07) is 3.30. The second kappa shape index (κ2) is 6.65. The number of carbonyl (C=O) groups is 2. The number of hydrogen-bond acceptors (Lipinski definition) is 3. The van der Waals surface area contributed by atoms with Gasteiger partial charge in [-0.25, -0.2) is 4.79 Å². The standard InChI is InChI=1S/C15H22N2O4/c1-11-5-6-12(21-11)10-16-14(20)17-15(9-13(18)19)7-3-2-4-8-15/h5-6H,2-4,7-10H2,1H3,(H,18,19)(H2,16,17,20). The van der Waals surface area contributed by atoms with Gasteiger partial charge >= 0.3 is 12.0 Å². The zero-order valence-electron chi connectivity index (χ0n) is 12.3. The Bertz CT molecular complexity index is 504. The Balaban J connectivity index is 1.89. The monoisotopic (exact) mass is 294 g/mol. The summed E-state index contributed by atoms with van der Waals surface area (Å²) in [5.74, 6) is 0.597. The second-order valence-corrected chi connectivity index (χ2v) is 5.73. The minimum atomic E-state index is -0.876. The highest BCUT2D eigenvalue weighted by atomic mass is 16.4. The van der Waals surface area contributed by atoms with E-state index in [0.29, 0.717) is 25.1 Å². The van der Waals surface area contributed by atoms with Crippen molar-refractivity contribution < 1.29 is 19.1 Å². The lowest BCUT2D eigenvalue weighted by molar-refractivity contribution is -0.139. The van der Waals surface area contributed by atoms with Crippen molar-refractivity contribution in [1.82, 2.24) is 10.6 Å². The van der Waals surface area contributed by atoms with Gasteiger partial charge in [-0.3, -0.25) is 4.79 Å². The van der Waals surface area contributed by atoms with Crippen molar-refractivity contribution >= 4 is 12.0 Å². The van der Waals surface area contributed by atoms with E-state index in [1.54, 1.807) is 0 Å². The Morgan fingerprint density at radius 3 is 2.57 bits per heavy atom. The van der Waals surface area contributed by atoms with Crippen LogP contribution in [0, 0.1) is 6.92 Å². The molecule has 0 aromatic carbocycles. The number of furan rings is 1. The maximum atomic E-state index is 12.0. The van der Waals surface area contributed by atoms with Crippen LogP contribution in [0.25, 0.3) is 0 Å². The lowest BCUT2D eigenvalue weighted by Crippen LogP contribution is -2.54. The van der Waals surface area contributed by atoms with Crippen LogP contribution in [0.1, 0.15) is 50.0 Å². The Morgan fingerprint density at radius 1 is 1.29 bits per heavy atom. The van der Waals surface area contributed by atoms with Gasteiger partial charge < -0.3 is 20.2 Å². The Kier molecular flexibility index (Phi) is 4.88. The average Bonchev–Trinajstić information content (AvgIpc) is 2.82. The number of rotatable bonds is 5. The minimum absolute atomic E-state index is 0.0275. The van der Waals surface area contributed by atoms with Gasteiger partial charge in [0.1, 0.15) is 11.5 Å². The van der Waals surface area contributed by atoms with Crippen LogP contribution in [0.2, 0.25) is 0 Å². The van der Waals surface area contributed by atoms with E-state index in [9.17, 15) is 9.59 Å². The minimum Gasteiger partial charge on any atom is -0.481 e. The van der Waals surface area contributed by atoms with Crippen molar-refractivity contribution in [3.05, 3.63) is 23.7 Å². The SMILES string of the molecule is Cc1ccc(CNC(=O)NC2(CC(=O)O)CCCCC2)o1. The third-order valence-electron chi connectivity index (χ3n) is 3.90. The Morgan fingerprint density at radius 2 is 2.00 bits per heavy atom. The van der Waals surface area contributed by atoms with Crippen LogP contribution in [0.5, 0.6) is 0 Å². The van der Waals surface area contributed by atoms with Gasteiger partial charge in [0.25, 0.3) is 0 Å². The molecule has 0 radical (unpaired) electrons. The first-order chi connectivity index (χ1) is 9.99. The zero-order valence-corrected chi connectivity index (χ0v) is 12.3. The van der Waals surface area contributed by atoms with Crippen molar-refractivity contribution in [1.29, 1.82) is 0 Å². The molecule has 1 heterocycles. The van der Waals surface area contributed by atoms with E-state index in [4.69, 9.17) is 9.52 Å². The van der Waals surface area contributed by atoms with Crippen LogP contribution < -0.4 is 10.6 Å². The summed E-state index contributed by atoms with van der Waals surface area (Å²) in [6.45, 7) is 2.14. The summed E-state index contributed by atoms with van der Waals surface area (Å²) in [5, 5.41) is 14.7. The van der Waals surface area contributed by atoms with Crippen molar-refractivity contribution in [2.24, 2.45) is 0 Å². The van der Waals surface area contributed by atoms with Gasteiger partial charge in [-0.05, 0) is 31.9 Å². The normalized spacial score (nSPS) is 17.2. The highest BCUT2D eigenvalue weighted by Gasteiger charge is 2.35. The predicted octanol–water partition coefficient (Wildman–Crippen LogP) is 2.56. The highest BCUT2D eigenvalue weighted by molar-refractivity contribution is 5.76. The number of carboxylic acid groups (broad SMARTS) is 1. The molecule has 0 atom stereocenters. The van der Waals surface area contributed by atoms with Crippen molar-refractivity contribution in [2.75, 3.05) is 0 Å². The molecule has 6 heteroatoms. The molecule has 0 saturated heterocycles. The topological polar surface area (TPSA) is 91.6 Å². The van der Waals surface area contributed by atoms with E-state index in [0.717, 1.165) is 25.0 Å². The Hall–Kier alpha value is -1.98. The first-order valence-electron chi connectivity index (χ1n) is 7.32. The van der Waals surface area contributed by atoms with Crippen LogP contribution in [0.15, 0.2) is 16.5 Å². The molecule has 0 aliphatic heterocycles. The first-order valence-corrected chi connectivity index (χ1v) is 7.32. The van der Waals surface area contributed by atoms with Crippen LogP contribution in [0.4, 0.5) is 4.79 Å². The van der Waals surface area contributed by atoms with Crippen molar-refractivity contribution in [3.8, 4) is 0 Å². The van der Waals surface area contributed by atoms with Crippen LogP contribution in [-0.4, -0.2) is 22.6 Å². The molecule has 0 unspecified atom stereocenters. The van der Waals surface area contributed by atoms with Gasteiger partial charge in [-0.15, -0.1) is 0 Å². The molecule has 21 heavy (non-hydrogen) atoms. The second-order valence-electron chi connectivity index (χ2n) is 5.73. The number of urea groups is 1. The molecule has 1 aliphatic carbocycles. The number of amides is 2. The summed E-state index contributed by atoms with van der Waals surface area (Å²) in [7, 11) is 0. The van der Waals surface area contributed by atoms with Crippen molar-refractivity contribution in [3.63, 3.8) is 0 Å². The van der Waals surface area contributed by atoms with Gasteiger partial charge in [0, 0.05) is 0 Å². The van der Waals surface area contributed by atoms with Crippen LogP contribution in [-0.2, 0) is 11.3 Å². The summed E-state index contributed by atoms with van der Waals surface area (Å²) in [6.07, 6.45) is 4.39. The fourth-order valence-corrected chi connectivity index (χ4v) is 2.90. The number of aryl methyl sites for hydroxylation is 1. The van der Waals surface area contributed by atoms with E-state index >= 15 is 0 Å². The van der Waals surface area contributed by atoms with E-state index in [2.05, 4.69) is 10.6 Å². The van der Waals surface area contributed by atoms with E-state index in [-0.39, 0.29) is 12.5 Å². The number of carboxylic acids is 1. The molecule has 0 bridgehead atoms. The highest BCUT2D eigenvalue weighted by Crippen LogP contribution is 2.31. The molecule has 6 nitrogen and oxygen atoms in total. The Labute approximate surface area is 123 Å². The number of hydrogen-bond donors (Lipinski definition) is 3. The van der Waals surface area contributed by atoms with Crippen molar-refractivity contribution in [2.45, 2.75) is 57.5 Å². The number of carbonyl (C=O) groups excluding carboxylic acids is 1. The third-order valence-corrected chi connectivity index (χ3v) is 3.90. The lowest BCUT2D eigenvalue weighted by atomic mass is 9.79. The molecule has 0 spiro atoms. The fraction of sp³-hybridized carbons (Fsp3) is 0.600. The average molecular weight is 294 g/mol. The quantitative estimate of drug-likeness (QED) is 0.778. The number of nitrogens with one attached hydrogen (secondary N) is 2. The van der Waals surface area contributed by atoms with Gasteiger partial charge in [-0.1, -0.05) is 19.3 Å². The van der Waals surface area contributed by atoms with Gasteiger partial charge in [-0.2, -0.15) is 0 Å². The maximum Gasteiger partial charge on any atom is 0.315 e. The van der Waals surface area contributed by atoms with E-state index in [1.165, 1.54) is 0 Å². The maximum absolute atomic E-state index is 12.0. The summed E-state index contributed by atoms with van der Waals surface area (Å²) < 4.78 is 5.38. The molecule has 2 rings (SSSR count). The molecule has 1 saturated carbocycles. The van der Waals surface area contributed by atoms with E-state index < -0.39 is 11.5 Å². The van der Waals surface area contributed by atoms with E-state index in [1.807, 2.05) is 19.1 Å². The fourth-order valence-electron chi connectivity index (χ4n) is 2.90. The molecule has 116 valence electrons. The molecular weight excluding hydrogens is 272 g/mol. The zero-order chi connectivity index (χ0) is 15.3. The molecule has 1 aromatic rings. The lowest BCUT2D eigenvalue weighted by Gasteiger charge is -2.36. The summed E-state index contributed by atoms with van der Waals surface area (Å²) in [5.41, 5.74) is -0.618. The van der Waals surface area contributed by atoms with Gasteiger partial charge in [0.2, 0.25) is 0 Å². The number of aliphatic carboxylic acids is 1. The predicted molar refractivity (Wildman–Crippen MR) is 76.9 cm³/mol.